The molecule has 1 unspecified atom stereocenters. The Labute approximate surface area is 168 Å². The van der Waals surface area contributed by atoms with E-state index in [1.54, 1.807) is 25.1 Å². The molecule has 0 bridgehead atoms. The highest BCUT2D eigenvalue weighted by atomic mass is 79.9. The maximum atomic E-state index is 12.7. The second-order valence-electron chi connectivity index (χ2n) is 6.28. The van der Waals surface area contributed by atoms with Crippen molar-refractivity contribution in [3.8, 4) is 5.75 Å². The number of benzene rings is 2. The van der Waals surface area contributed by atoms with Gasteiger partial charge in [0.25, 0.3) is 5.91 Å². The molecule has 0 aliphatic carbocycles. The average Bonchev–Trinajstić information content (AvgIpc) is 2.63. The topological polar surface area (TPSA) is 64.6 Å². The van der Waals surface area contributed by atoms with Gasteiger partial charge in [0.15, 0.2) is 0 Å². The Bertz CT molecular complexity index is 777. The van der Waals surface area contributed by atoms with E-state index in [2.05, 4.69) is 21.2 Å². The lowest BCUT2D eigenvalue weighted by Crippen LogP contribution is -2.43. The first-order chi connectivity index (χ1) is 12.9. The fourth-order valence-corrected chi connectivity index (χ4v) is 2.99. The first kappa shape index (κ1) is 21.0. The molecule has 0 saturated carbocycles. The summed E-state index contributed by atoms with van der Waals surface area (Å²) >= 11 is 3.42. The van der Waals surface area contributed by atoms with E-state index in [4.69, 9.17) is 9.47 Å². The van der Waals surface area contributed by atoms with Gasteiger partial charge in [-0.3, -0.25) is 4.79 Å². The van der Waals surface area contributed by atoms with Gasteiger partial charge in [-0.15, -0.1) is 0 Å². The summed E-state index contributed by atoms with van der Waals surface area (Å²) in [5, 5.41) is 2.78. The monoisotopic (exact) mass is 433 g/mol. The van der Waals surface area contributed by atoms with E-state index in [1.807, 2.05) is 44.2 Å². The van der Waals surface area contributed by atoms with E-state index < -0.39 is 12.0 Å². The molecule has 6 heteroatoms. The van der Waals surface area contributed by atoms with E-state index in [0.717, 1.165) is 5.56 Å². The van der Waals surface area contributed by atoms with Gasteiger partial charge in [0.1, 0.15) is 11.8 Å². The number of carbonyl (C=O) groups excluding carboxylic acids is 2. The van der Waals surface area contributed by atoms with Crippen molar-refractivity contribution in [2.45, 2.75) is 39.3 Å². The fraction of sp³-hybridized carbons (Fsp3) is 0.333. The zero-order chi connectivity index (χ0) is 19.8. The Balaban J connectivity index is 2.14. The normalized spacial score (nSPS) is 11.7. The fourth-order valence-electron chi connectivity index (χ4n) is 2.52. The van der Waals surface area contributed by atoms with Crippen LogP contribution in [0.4, 0.5) is 0 Å². The molecular formula is C21H24BrNO4. The summed E-state index contributed by atoms with van der Waals surface area (Å²) in [7, 11) is 0. The molecule has 1 amide bonds. The molecule has 2 aromatic carbocycles. The third-order valence-corrected chi connectivity index (χ3v) is 4.34. The van der Waals surface area contributed by atoms with Gasteiger partial charge < -0.3 is 14.8 Å². The van der Waals surface area contributed by atoms with Crippen molar-refractivity contribution in [2.75, 3.05) is 6.61 Å². The van der Waals surface area contributed by atoms with Crippen LogP contribution in [-0.4, -0.2) is 30.6 Å². The number of halogens is 1. The molecule has 0 aliphatic rings. The second-order valence-corrected chi connectivity index (χ2v) is 7.13. The van der Waals surface area contributed by atoms with E-state index in [1.165, 1.54) is 0 Å². The molecule has 2 aromatic rings. The Morgan fingerprint density at radius 2 is 1.81 bits per heavy atom. The van der Waals surface area contributed by atoms with Crippen molar-refractivity contribution < 1.29 is 19.1 Å². The number of amides is 1. The van der Waals surface area contributed by atoms with E-state index >= 15 is 0 Å². The van der Waals surface area contributed by atoms with Crippen molar-refractivity contribution in [2.24, 2.45) is 0 Å². The highest BCUT2D eigenvalue weighted by molar-refractivity contribution is 9.10. The van der Waals surface area contributed by atoms with Crippen LogP contribution in [-0.2, 0) is 16.0 Å². The third kappa shape index (κ3) is 6.40. The number of esters is 1. The lowest BCUT2D eigenvalue weighted by Gasteiger charge is -2.18. The van der Waals surface area contributed by atoms with Crippen molar-refractivity contribution in [1.82, 2.24) is 5.32 Å². The zero-order valence-corrected chi connectivity index (χ0v) is 17.3. The van der Waals surface area contributed by atoms with Crippen LogP contribution in [0.5, 0.6) is 5.75 Å². The van der Waals surface area contributed by atoms with E-state index in [0.29, 0.717) is 22.2 Å². The summed E-state index contributed by atoms with van der Waals surface area (Å²) < 4.78 is 11.5. The van der Waals surface area contributed by atoms with E-state index in [-0.39, 0.29) is 18.6 Å². The highest BCUT2D eigenvalue weighted by Crippen LogP contribution is 2.27. The molecule has 5 nitrogen and oxygen atoms in total. The SMILES string of the molecule is CCOC(=O)C(Cc1ccccc1)NC(=O)c1ccc(OC(C)C)c(Br)c1. The van der Waals surface area contributed by atoms with Crippen molar-refractivity contribution in [3.63, 3.8) is 0 Å². The second kappa shape index (κ2) is 10.1. The molecule has 27 heavy (non-hydrogen) atoms. The number of hydrogen-bond acceptors (Lipinski definition) is 4. The number of nitrogens with one attached hydrogen (secondary N) is 1. The molecule has 0 aromatic heterocycles. The van der Waals surface area contributed by atoms with Gasteiger partial charge in [-0.1, -0.05) is 30.3 Å². The largest absolute Gasteiger partial charge is 0.490 e. The first-order valence-corrected chi connectivity index (χ1v) is 9.67. The molecular weight excluding hydrogens is 410 g/mol. The summed E-state index contributed by atoms with van der Waals surface area (Å²) in [5.41, 5.74) is 1.37. The molecule has 2 rings (SSSR count). The quantitative estimate of drug-likeness (QED) is 0.635. The predicted octanol–water partition coefficient (Wildman–Crippen LogP) is 4.14. The van der Waals surface area contributed by atoms with Gasteiger partial charge in [-0.05, 0) is 60.5 Å². The third-order valence-electron chi connectivity index (χ3n) is 3.72. The van der Waals surface area contributed by atoms with Gasteiger partial charge in [0.05, 0.1) is 17.2 Å². The number of carbonyl (C=O) groups is 2. The van der Waals surface area contributed by atoms with Crippen LogP contribution in [0.15, 0.2) is 53.0 Å². The number of hydrogen-bond donors (Lipinski definition) is 1. The van der Waals surface area contributed by atoms with Gasteiger partial charge in [0.2, 0.25) is 0 Å². The summed E-state index contributed by atoms with van der Waals surface area (Å²) in [4.78, 5) is 24.9. The maximum Gasteiger partial charge on any atom is 0.328 e. The summed E-state index contributed by atoms with van der Waals surface area (Å²) in [6.07, 6.45) is 0.390. The summed E-state index contributed by atoms with van der Waals surface area (Å²) in [5.74, 6) is -0.137. The van der Waals surface area contributed by atoms with Gasteiger partial charge in [-0.25, -0.2) is 4.79 Å². The lowest BCUT2D eigenvalue weighted by atomic mass is 10.1. The van der Waals surface area contributed by atoms with Gasteiger partial charge >= 0.3 is 5.97 Å². The van der Waals surface area contributed by atoms with Crippen LogP contribution >= 0.6 is 15.9 Å². The van der Waals surface area contributed by atoms with Crippen LogP contribution in [0.2, 0.25) is 0 Å². The van der Waals surface area contributed by atoms with Crippen LogP contribution in [0.1, 0.15) is 36.7 Å². The molecule has 144 valence electrons. The molecule has 1 N–H and O–H groups in total. The van der Waals surface area contributed by atoms with Crippen molar-refractivity contribution in [3.05, 3.63) is 64.1 Å². The Morgan fingerprint density at radius 3 is 2.41 bits per heavy atom. The number of ether oxygens (including phenoxy) is 2. The highest BCUT2D eigenvalue weighted by Gasteiger charge is 2.23. The van der Waals surface area contributed by atoms with Crippen molar-refractivity contribution >= 4 is 27.8 Å². The maximum absolute atomic E-state index is 12.7. The Hall–Kier alpha value is -2.34. The Kier molecular flexibility index (Phi) is 7.85. The summed E-state index contributed by atoms with van der Waals surface area (Å²) in [6, 6.07) is 13.8. The van der Waals surface area contributed by atoms with E-state index in [9.17, 15) is 9.59 Å². The van der Waals surface area contributed by atoms with Crippen LogP contribution in [0.25, 0.3) is 0 Å². The smallest absolute Gasteiger partial charge is 0.328 e. The molecule has 0 heterocycles. The predicted molar refractivity (Wildman–Crippen MR) is 108 cm³/mol. The molecule has 0 radical (unpaired) electrons. The molecule has 0 fully saturated rings. The lowest BCUT2D eigenvalue weighted by molar-refractivity contribution is -0.145. The van der Waals surface area contributed by atoms with Crippen LogP contribution in [0, 0.1) is 0 Å². The van der Waals surface area contributed by atoms with Crippen LogP contribution < -0.4 is 10.1 Å². The van der Waals surface area contributed by atoms with Gasteiger partial charge in [-0.2, -0.15) is 0 Å². The minimum absolute atomic E-state index is 0.0278. The molecule has 0 saturated heterocycles. The zero-order valence-electron chi connectivity index (χ0n) is 15.7. The minimum atomic E-state index is -0.759. The minimum Gasteiger partial charge on any atom is -0.490 e. The Morgan fingerprint density at radius 1 is 1.11 bits per heavy atom. The standard InChI is InChI=1S/C21H24BrNO4/c1-4-26-21(25)18(12-15-8-6-5-7-9-15)23-20(24)16-10-11-19(17(22)13-16)27-14(2)3/h5-11,13-14,18H,4,12H2,1-3H3,(H,23,24). The van der Waals surface area contributed by atoms with Crippen molar-refractivity contribution in [1.29, 1.82) is 0 Å². The summed E-state index contributed by atoms with van der Waals surface area (Å²) in [6.45, 7) is 5.86. The molecule has 1 atom stereocenters. The average molecular weight is 434 g/mol. The molecule has 0 aliphatic heterocycles. The number of rotatable bonds is 8. The first-order valence-electron chi connectivity index (χ1n) is 8.88. The van der Waals surface area contributed by atoms with Gasteiger partial charge in [0, 0.05) is 12.0 Å². The molecule has 0 spiro atoms. The van der Waals surface area contributed by atoms with Crippen LogP contribution in [0.3, 0.4) is 0 Å².